The lowest BCUT2D eigenvalue weighted by molar-refractivity contribution is 0.239. The van der Waals surface area contributed by atoms with E-state index in [1.54, 1.807) is 0 Å². The molecule has 0 saturated carbocycles. The zero-order valence-corrected chi connectivity index (χ0v) is 10.2. The normalized spacial score (nSPS) is 30.9. The molecule has 80 valence electrons. The molecule has 1 atom stereocenters. The van der Waals surface area contributed by atoms with E-state index in [0.717, 1.165) is 11.8 Å². The second kappa shape index (κ2) is 3.76. The summed E-state index contributed by atoms with van der Waals surface area (Å²) in [6, 6.07) is 0. The van der Waals surface area contributed by atoms with Crippen molar-refractivity contribution in [2.45, 2.75) is 38.9 Å². The summed E-state index contributed by atoms with van der Waals surface area (Å²) in [5.74, 6) is 0. The molecule has 1 fully saturated rings. The van der Waals surface area contributed by atoms with Gasteiger partial charge in [-0.1, -0.05) is 32.5 Å². The Hall–Kier alpha value is -0.180. The van der Waals surface area contributed by atoms with Crippen molar-refractivity contribution < 1.29 is 0 Å². The van der Waals surface area contributed by atoms with Crippen molar-refractivity contribution >= 4 is 16.9 Å². The van der Waals surface area contributed by atoms with Gasteiger partial charge in [-0.15, -0.1) is 0 Å². The Labute approximate surface area is 91.2 Å². The van der Waals surface area contributed by atoms with Gasteiger partial charge in [0.25, 0.3) is 0 Å². The maximum absolute atomic E-state index is 4.71. The van der Waals surface area contributed by atoms with Gasteiger partial charge < -0.3 is 4.90 Å². The highest BCUT2D eigenvalue weighted by Crippen LogP contribution is 2.33. The number of amidine groups is 1. The van der Waals surface area contributed by atoms with Crippen molar-refractivity contribution in [3.8, 4) is 0 Å². The first kappa shape index (κ1) is 10.3. The maximum atomic E-state index is 4.71. The quantitative estimate of drug-likeness (QED) is 0.664. The van der Waals surface area contributed by atoms with Crippen LogP contribution in [0.15, 0.2) is 4.99 Å². The summed E-state index contributed by atoms with van der Waals surface area (Å²) in [7, 11) is 0. The predicted octanol–water partition coefficient (Wildman–Crippen LogP) is 2.60. The number of nitrogens with zero attached hydrogens (tertiary/aromatic N) is 2. The minimum atomic E-state index is 0.378. The zero-order valence-electron chi connectivity index (χ0n) is 9.42. The van der Waals surface area contributed by atoms with Crippen LogP contribution >= 0.6 is 11.8 Å². The summed E-state index contributed by atoms with van der Waals surface area (Å²) >= 11 is 1.99. The standard InChI is InChI=1S/C11H20N2S/c1-4-9-5-6-13-8-11(2,3)7-12-10(13)14-9/h9H,4-8H2,1-3H3. The molecule has 14 heavy (non-hydrogen) atoms. The molecule has 0 bridgehead atoms. The van der Waals surface area contributed by atoms with Gasteiger partial charge in [0.2, 0.25) is 0 Å². The minimum Gasteiger partial charge on any atom is -0.351 e. The molecule has 1 unspecified atom stereocenters. The average Bonchev–Trinajstić information content (AvgIpc) is 2.16. The smallest absolute Gasteiger partial charge is 0.159 e. The fourth-order valence-corrected chi connectivity index (χ4v) is 3.23. The lowest BCUT2D eigenvalue weighted by Crippen LogP contribution is -2.47. The summed E-state index contributed by atoms with van der Waals surface area (Å²) < 4.78 is 0. The number of hydrogen-bond donors (Lipinski definition) is 0. The largest absolute Gasteiger partial charge is 0.351 e. The van der Waals surface area contributed by atoms with E-state index < -0.39 is 0 Å². The molecule has 0 aliphatic carbocycles. The van der Waals surface area contributed by atoms with Crippen LogP contribution in [0.1, 0.15) is 33.6 Å². The Morgan fingerprint density at radius 3 is 3.07 bits per heavy atom. The fourth-order valence-electron chi connectivity index (χ4n) is 2.10. The molecule has 0 aromatic carbocycles. The fraction of sp³-hybridized carbons (Fsp3) is 0.909. The molecule has 0 radical (unpaired) electrons. The molecule has 0 aromatic heterocycles. The van der Waals surface area contributed by atoms with Gasteiger partial charge in [0.15, 0.2) is 5.17 Å². The first-order valence-corrected chi connectivity index (χ1v) is 6.45. The van der Waals surface area contributed by atoms with E-state index in [4.69, 9.17) is 4.99 Å². The van der Waals surface area contributed by atoms with Crippen molar-refractivity contribution in [3.05, 3.63) is 0 Å². The molecule has 1 saturated heterocycles. The molecule has 2 aliphatic heterocycles. The van der Waals surface area contributed by atoms with Gasteiger partial charge in [0.1, 0.15) is 0 Å². The van der Waals surface area contributed by atoms with Crippen molar-refractivity contribution in [1.82, 2.24) is 4.90 Å². The molecule has 0 aromatic rings. The molecule has 2 heterocycles. The predicted molar refractivity (Wildman–Crippen MR) is 63.9 cm³/mol. The summed E-state index contributed by atoms with van der Waals surface area (Å²) in [6.45, 7) is 10.3. The maximum Gasteiger partial charge on any atom is 0.159 e. The number of fused-ring (bicyclic) bond motifs is 1. The average molecular weight is 212 g/mol. The minimum absolute atomic E-state index is 0.378. The van der Waals surface area contributed by atoms with Crippen LogP contribution in [0.4, 0.5) is 0 Å². The molecule has 2 rings (SSSR count). The highest BCUT2D eigenvalue weighted by molar-refractivity contribution is 8.14. The second-order valence-electron chi connectivity index (χ2n) is 5.12. The number of aliphatic imine (C=N–C) groups is 1. The summed E-state index contributed by atoms with van der Waals surface area (Å²) in [4.78, 5) is 7.18. The third-order valence-electron chi connectivity index (χ3n) is 2.98. The number of hydrogen-bond acceptors (Lipinski definition) is 3. The van der Waals surface area contributed by atoms with E-state index in [-0.39, 0.29) is 0 Å². The van der Waals surface area contributed by atoms with E-state index >= 15 is 0 Å². The summed E-state index contributed by atoms with van der Waals surface area (Å²) in [5.41, 5.74) is 0.378. The first-order valence-electron chi connectivity index (χ1n) is 5.57. The first-order chi connectivity index (χ1) is 6.61. The molecule has 0 N–H and O–H groups in total. The Balaban J connectivity index is 2.06. The van der Waals surface area contributed by atoms with Crippen LogP contribution in [0.3, 0.4) is 0 Å². The van der Waals surface area contributed by atoms with E-state index in [9.17, 15) is 0 Å². The monoisotopic (exact) mass is 212 g/mol. The second-order valence-corrected chi connectivity index (χ2v) is 6.39. The van der Waals surface area contributed by atoms with Crippen molar-refractivity contribution in [2.24, 2.45) is 10.4 Å². The Morgan fingerprint density at radius 2 is 2.36 bits per heavy atom. The molecular weight excluding hydrogens is 192 g/mol. The summed E-state index contributed by atoms with van der Waals surface area (Å²) in [6.07, 6.45) is 2.61. The van der Waals surface area contributed by atoms with Gasteiger partial charge in [-0.25, -0.2) is 0 Å². The van der Waals surface area contributed by atoms with Gasteiger partial charge in [-0.2, -0.15) is 0 Å². The van der Waals surface area contributed by atoms with Crippen molar-refractivity contribution in [1.29, 1.82) is 0 Å². The third-order valence-corrected chi connectivity index (χ3v) is 4.48. The molecule has 0 spiro atoms. The van der Waals surface area contributed by atoms with Crippen LogP contribution in [-0.4, -0.2) is 35.0 Å². The topological polar surface area (TPSA) is 15.6 Å². The number of rotatable bonds is 1. The SMILES string of the molecule is CCC1CCN2CC(C)(C)CN=C2S1. The molecular formula is C11H20N2S. The van der Waals surface area contributed by atoms with Gasteiger partial charge in [-0.3, -0.25) is 4.99 Å². The Bertz CT molecular complexity index is 248. The van der Waals surface area contributed by atoms with Gasteiger partial charge >= 0.3 is 0 Å². The molecule has 2 nitrogen and oxygen atoms in total. The Kier molecular flexibility index (Phi) is 2.78. The molecule has 0 amide bonds. The van der Waals surface area contributed by atoms with Crippen LogP contribution in [-0.2, 0) is 0 Å². The Morgan fingerprint density at radius 1 is 1.57 bits per heavy atom. The van der Waals surface area contributed by atoms with E-state index in [0.29, 0.717) is 5.41 Å². The molecule has 3 heteroatoms. The lowest BCUT2D eigenvalue weighted by atomic mass is 9.92. The third kappa shape index (κ3) is 2.08. The van der Waals surface area contributed by atoms with Crippen molar-refractivity contribution in [3.63, 3.8) is 0 Å². The van der Waals surface area contributed by atoms with Crippen LogP contribution in [0, 0.1) is 5.41 Å². The number of thioether (sulfide) groups is 1. The van der Waals surface area contributed by atoms with Gasteiger partial charge in [0.05, 0.1) is 0 Å². The van der Waals surface area contributed by atoms with E-state index in [1.807, 2.05) is 11.8 Å². The van der Waals surface area contributed by atoms with Gasteiger partial charge in [0, 0.05) is 30.3 Å². The van der Waals surface area contributed by atoms with Crippen molar-refractivity contribution in [2.75, 3.05) is 19.6 Å². The summed E-state index contributed by atoms with van der Waals surface area (Å²) in [5, 5.41) is 2.12. The van der Waals surface area contributed by atoms with E-state index in [2.05, 4.69) is 25.7 Å². The molecule has 2 aliphatic rings. The van der Waals surface area contributed by atoms with Crippen LogP contribution in [0.25, 0.3) is 0 Å². The van der Waals surface area contributed by atoms with Crippen LogP contribution in [0.2, 0.25) is 0 Å². The van der Waals surface area contributed by atoms with Gasteiger partial charge in [-0.05, 0) is 12.8 Å². The zero-order chi connectivity index (χ0) is 10.2. The van der Waals surface area contributed by atoms with E-state index in [1.165, 1.54) is 31.1 Å². The lowest BCUT2D eigenvalue weighted by Gasteiger charge is -2.42. The van der Waals surface area contributed by atoms with Crippen LogP contribution < -0.4 is 0 Å². The highest BCUT2D eigenvalue weighted by Gasteiger charge is 2.32. The van der Waals surface area contributed by atoms with Crippen LogP contribution in [0.5, 0.6) is 0 Å². The highest BCUT2D eigenvalue weighted by atomic mass is 32.2.